The summed E-state index contributed by atoms with van der Waals surface area (Å²) >= 11 is 0. The van der Waals surface area contributed by atoms with Crippen LogP contribution in [0.2, 0.25) is 0 Å². The third-order valence-electron chi connectivity index (χ3n) is 7.33. The van der Waals surface area contributed by atoms with Gasteiger partial charge in [-0.3, -0.25) is 4.79 Å². The number of carbonyl (C=O) groups excluding carboxylic acids is 2. The normalized spacial score (nSPS) is 20.2. The van der Waals surface area contributed by atoms with Gasteiger partial charge in [0.2, 0.25) is 5.91 Å². The van der Waals surface area contributed by atoms with Crippen LogP contribution in [0.5, 0.6) is 0 Å². The van der Waals surface area contributed by atoms with Gasteiger partial charge in [-0.1, -0.05) is 36.7 Å². The maximum atomic E-state index is 13.2. The summed E-state index contributed by atoms with van der Waals surface area (Å²) in [5, 5.41) is 7.49. The Morgan fingerprint density at radius 2 is 1.84 bits per heavy atom. The van der Waals surface area contributed by atoms with Crippen molar-refractivity contribution in [2.45, 2.75) is 111 Å². The van der Waals surface area contributed by atoms with Crippen molar-refractivity contribution in [3.63, 3.8) is 0 Å². The van der Waals surface area contributed by atoms with Crippen molar-refractivity contribution in [3.05, 3.63) is 46.3 Å². The number of esters is 1. The monoisotopic (exact) mass is 524 g/mol. The van der Waals surface area contributed by atoms with Gasteiger partial charge in [0, 0.05) is 17.2 Å². The standard InChI is InChI=1S/C31H44N2O5/c1-18(2)12-21-14-23(15-21)30-28(22-9-10-22)29(33-38-30)25(36-17-27(35)37-31(5,6)7)16-26(34)32-24-11-8-19(3)13-20(24)4/h8,11,13,18,21-23,25H,9-10,12,14-17H2,1-7H3,(H,32,34). The molecule has 7 heteroatoms. The molecule has 1 unspecified atom stereocenters. The highest BCUT2D eigenvalue weighted by atomic mass is 16.6. The highest BCUT2D eigenvalue weighted by Crippen LogP contribution is 2.52. The van der Waals surface area contributed by atoms with Crippen LogP contribution in [0.15, 0.2) is 22.7 Å². The van der Waals surface area contributed by atoms with Crippen LogP contribution in [-0.4, -0.2) is 29.2 Å². The molecule has 1 atom stereocenters. The van der Waals surface area contributed by atoms with Crippen LogP contribution in [0.4, 0.5) is 5.69 Å². The van der Waals surface area contributed by atoms with Gasteiger partial charge < -0.3 is 19.3 Å². The summed E-state index contributed by atoms with van der Waals surface area (Å²) in [6.45, 7) is 13.7. The van der Waals surface area contributed by atoms with E-state index in [9.17, 15) is 9.59 Å². The molecule has 1 amide bonds. The first kappa shape index (κ1) is 28.3. The average molecular weight is 525 g/mol. The molecule has 38 heavy (non-hydrogen) atoms. The van der Waals surface area contributed by atoms with Crippen molar-refractivity contribution in [1.82, 2.24) is 5.16 Å². The summed E-state index contributed by atoms with van der Waals surface area (Å²) in [6, 6.07) is 5.92. The molecule has 0 saturated heterocycles. The number of rotatable bonds is 11. The predicted octanol–water partition coefficient (Wildman–Crippen LogP) is 7.14. The fourth-order valence-corrected chi connectivity index (χ4v) is 5.54. The smallest absolute Gasteiger partial charge is 0.332 e. The Labute approximate surface area is 227 Å². The van der Waals surface area contributed by atoms with Crippen LogP contribution in [0, 0.1) is 25.7 Å². The molecule has 1 aromatic carbocycles. The van der Waals surface area contributed by atoms with Crippen LogP contribution in [0.3, 0.4) is 0 Å². The van der Waals surface area contributed by atoms with Gasteiger partial charge >= 0.3 is 5.97 Å². The van der Waals surface area contributed by atoms with Crippen LogP contribution >= 0.6 is 0 Å². The summed E-state index contributed by atoms with van der Waals surface area (Å²) in [5.74, 6) is 2.46. The van der Waals surface area contributed by atoms with Crippen LogP contribution < -0.4 is 5.32 Å². The molecule has 0 spiro atoms. The molecule has 7 nitrogen and oxygen atoms in total. The molecule has 2 aromatic rings. The number of hydrogen-bond donors (Lipinski definition) is 1. The molecule has 2 aliphatic carbocycles. The van der Waals surface area contributed by atoms with Gasteiger partial charge in [0.05, 0.1) is 6.42 Å². The van der Waals surface area contributed by atoms with Gasteiger partial charge in [0.1, 0.15) is 29.8 Å². The number of ether oxygens (including phenoxy) is 2. The van der Waals surface area contributed by atoms with Gasteiger partial charge in [0.15, 0.2) is 0 Å². The lowest BCUT2D eigenvalue weighted by Crippen LogP contribution is -2.28. The van der Waals surface area contributed by atoms with E-state index >= 15 is 0 Å². The summed E-state index contributed by atoms with van der Waals surface area (Å²) < 4.78 is 17.5. The SMILES string of the molecule is Cc1ccc(NC(=O)CC(OCC(=O)OC(C)(C)C)c2noc(C3CC(CC(C)C)C3)c2C2CC2)c(C)c1. The molecule has 208 valence electrons. The van der Waals surface area contributed by atoms with E-state index < -0.39 is 17.7 Å². The number of aryl methyl sites for hydroxylation is 2. The zero-order valence-electron chi connectivity index (χ0n) is 24.1. The van der Waals surface area contributed by atoms with E-state index in [1.165, 1.54) is 6.42 Å². The van der Waals surface area contributed by atoms with Crippen LogP contribution in [0.25, 0.3) is 0 Å². The number of nitrogens with one attached hydrogen (secondary N) is 1. The number of nitrogens with zero attached hydrogens (tertiary/aromatic N) is 1. The molecule has 0 bridgehead atoms. The molecule has 4 rings (SSSR count). The predicted molar refractivity (Wildman–Crippen MR) is 147 cm³/mol. The van der Waals surface area contributed by atoms with Crippen molar-refractivity contribution in [3.8, 4) is 0 Å². The van der Waals surface area contributed by atoms with Gasteiger partial charge in [-0.25, -0.2) is 4.79 Å². The fraction of sp³-hybridized carbons (Fsp3) is 0.645. The van der Waals surface area contributed by atoms with E-state index in [0.29, 0.717) is 23.4 Å². The summed E-state index contributed by atoms with van der Waals surface area (Å²) in [7, 11) is 0. The topological polar surface area (TPSA) is 90.7 Å². The maximum Gasteiger partial charge on any atom is 0.332 e. The molecule has 2 fully saturated rings. The number of aromatic nitrogens is 1. The van der Waals surface area contributed by atoms with Crippen LogP contribution in [0.1, 0.15) is 119 Å². The van der Waals surface area contributed by atoms with Gasteiger partial charge in [0.25, 0.3) is 0 Å². The highest BCUT2D eigenvalue weighted by molar-refractivity contribution is 5.92. The van der Waals surface area contributed by atoms with Crippen molar-refractivity contribution in [1.29, 1.82) is 0 Å². The lowest BCUT2D eigenvalue weighted by molar-refractivity contribution is -0.163. The molecule has 1 aromatic heterocycles. The van der Waals surface area contributed by atoms with Crippen molar-refractivity contribution >= 4 is 17.6 Å². The Balaban J connectivity index is 1.53. The minimum atomic E-state index is -0.701. The third-order valence-corrected chi connectivity index (χ3v) is 7.33. The molecule has 1 heterocycles. The summed E-state index contributed by atoms with van der Waals surface area (Å²) in [5.41, 5.74) is 4.04. The van der Waals surface area contributed by atoms with E-state index in [-0.39, 0.29) is 18.9 Å². The fourth-order valence-electron chi connectivity index (χ4n) is 5.54. The lowest BCUT2D eigenvalue weighted by Gasteiger charge is -2.35. The first-order chi connectivity index (χ1) is 17.9. The molecule has 0 radical (unpaired) electrons. The first-order valence-corrected chi connectivity index (χ1v) is 14.1. The van der Waals surface area contributed by atoms with E-state index in [2.05, 4.69) is 24.3 Å². The Kier molecular flexibility index (Phi) is 8.65. The number of carbonyl (C=O) groups is 2. The van der Waals surface area contributed by atoms with Crippen molar-refractivity contribution in [2.24, 2.45) is 11.8 Å². The zero-order chi connectivity index (χ0) is 27.6. The summed E-state index contributed by atoms with van der Waals surface area (Å²) in [4.78, 5) is 25.7. The molecule has 1 N–H and O–H groups in total. The maximum absolute atomic E-state index is 13.2. The van der Waals surface area contributed by atoms with E-state index in [1.54, 1.807) is 0 Å². The lowest BCUT2D eigenvalue weighted by atomic mass is 9.69. The zero-order valence-corrected chi connectivity index (χ0v) is 24.1. The Morgan fingerprint density at radius 3 is 2.45 bits per heavy atom. The van der Waals surface area contributed by atoms with E-state index in [0.717, 1.165) is 59.7 Å². The highest BCUT2D eigenvalue weighted by Gasteiger charge is 2.42. The van der Waals surface area contributed by atoms with E-state index in [1.807, 2.05) is 52.8 Å². The number of anilines is 1. The largest absolute Gasteiger partial charge is 0.458 e. The Bertz CT molecular complexity index is 1140. The molecular formula is C31H44N2O5. The second-order valence-corrected chi connectivity index (χ2v) is 12.7. The quantitative estimate of drug-likeness (QED) is 0.314. The molecule has 2 saturated carbocycles. The van der Waals surface area contributed by atoms with Crippen LogP contribution in [-0.2, 0) is 19.1 Å². The van der Waals surface area contributed by atoms with Gasteiger partial charge in [-0.2, -0.15) is 0 Å². The summed E-state index contributed by atoms with van der Waals surface area (Å²) in [6.07, 6.45) is 4.95. The van der Waals surface area contributed by atoms with Crippen molar-refractivity contribution in [2.75, 3.05) is 11.9 Å². The third kappa shape index (κ3) is 7.46. The minimum absolute atomic E-state index is 0.0302. The molecule has 0 aliphatic heterocycles. The minimum Gasteiger partial charge on any atom is -0.458 e. The second-order valence-electron chi connectivity index (χ2n) is 12.7. The molecule has 2 aliphatic rings. The molecular weight excluding hydrogens is 480 g/mol. The number of benzene rings is 1. The first-order valence-electron chi connectivity index (χ1n) is 14.1. The Hall–Kier alpha value is -2.67. The number of amides is 1. The van der Waals surface area contributed by atoms with Gasteiger partial charge in [-0.05, 0) is 96.1 Å². The average Bonchev–Trinajstić information content (AvgIpc) is 3.52. The van der Waals surface area contributed by atoms with E-state index in [4.69, 9.17) is 14.0 Å². The second kappa shape index (κ2) is 11.6. The van der Waals surface area contributed by atoms with Crippen molar-refractivity contribution < 1.29 is 23.6 Å². The van der Waals surface area contributed by atoms with Gasteiger partial charge in [-0.15, -0.1) is 0 Å². The number of hydrogen-bond acceptors (Lipinski definition) is 6. The Morgan fingerprint density at radius 1 is 1.13 bits per heavy atom.